The van der Waals surface area contributed by atoms with E-state index in [-0.39, 0.29) is 36.9 Å². The number of likely N-dealkylation sites (tertiary alicyclic amines) is 1. The molecule has 4 aliphatic rings. The molecule has 1 saturated carbocycles. The number of ether oxygens (including phenoxy) is 3. The molecule has 9 nitrogen and oxygen atoms in total. The highest BCUT2D eigenvalue weighted by molar-refractivity contribution is 6.02. The predicted molar refractivity (Wildman–Crippen MR) is 128 cm³/mol. The third-order valence-electron chi connectivity index (χ3n) is 7.75. The Labute approximate surface area is 205 Å². The number of hydrogen-bond acceptors (Lipinski definition) is 6. The molecular formula is C26H33N3O6. The maximum absolute atomic E-state index is 13.7. The molecule has 188 valence electrons. The van der Waals surface area contributed by atoms with Crippen molar-refractivity contribution in [2.45, 2.75) is 55.9 Å². The summed E-state index contributed by atoms with van der Waals surface area (Å²) in [5.74, 6) is -1.68. The Hall–Kier alpha value is -2.91. The van der Waals surface area contributed by atoms with Gasteiger partial charge in [0.25, 0.3) is 0 Å². The largest absolute Gasteiger partial charge is 0.497 e. The van der Waals surface area contributed by atoms with Crippen LogP contribution >= 0.6 is 0 Å². The van der Waals surface area contributed by atoms with E-state index in [1.807, 2.05) is 12.2 Å². The van der Waals surface area contributed by atoms with Crippen molar-refractivity contribution in [2.24, 2.45) is 11.8 Å². The quantitative estimate of drug-likeness (QED) is 0.547. The minimum absolute atomic E-state index is 0.0980. The first kappa shape index (κ1) is 23.8. The van der Waals surface area contributed by atoms with Crippen LogP contribution in [0.3, 0.4) is 0 Å². The first-order valence-corrected chi connectivity index (χ1v) is 12.4. The van der Waals surface area contributed by atoms with Crippen LogP contribution in [0.4, 0.5) is 5.69 Å². The van der Waals surface area contributed by atoms with Gasteiger partial charge in [0.05, 0.1) is 31.7 Å². The average molecular weight is 484 g/mol. The maximum Gasteiger partial charge on any atom is 0.246 e. The molecule has 2 N–H and O–H groups in total. The van der Waals surface area contributed by atoms with Crippen LogP contribution in [0.25, 0.3) is 0 Å². The number of fused-ring (bicyclic) bond motifs is 1. The minimum Gasteiger partial charge on any atom is -0.497 e. The molecule has 5 rings (SSSR count). The molecule has 0 radical (unpaired) electrons. The van der Waals surface area contributed by atoms with Gasteiger partial charge < -0.3 is 29.7 Å². The Morgan fingerprint density at radius 2 is 1.97 bits per heavy atom. The molecule has 2 saturated heterocycles. The van der Waals surface area contributed by atoms with Crippen molar-refractivity contribution in [3.05, 3.63) is 36.4 Å². The number of methoxy groups -OCH3 is 2. The van der Waals surface area contributed by atoms with Crippen LogP contribution in [-0.4, -0.2) is 73.8 Å². The molecule has 1 aromatic carbocycles. The third kappa shape index (κ3) is 4.10. The van der Waals surface area contributed by atoms with E-state index < -0.39 is 29.6 Å². The first-order chi connectivity index (χ1) is 17.0. The second-order valence-corrected chi connectivity index (χ2v) is 9.79. The van der Waals surface area contributed by atoms with E-state index in [1.165, 1.54) is 6.42 Å². The highest BCUT2D eigenvalue weighted by Gasteiger charge is 2.72. The van der Waals surface area contributed by atoms with Gasteiger partial charge in [-0.2, -0.15) is 0 Å². The molecule has 0 aromatic heterocycles. The van der Waals surface area contributed by atoms with E-state index in [4.69, 9.17) is 14.2 Å². The van der Waals surface area contributed by atoms with Crippen molar-refractivity contribution in [1.29, 1.82) is 0 Å². The van der Waals surface area contributed by atoms with Crippen molar-refractivity contribution in [2.75, 3.05) is 32.7 Å². The predicted octanol–water partition coefficient (Wildman–Crippen LogP) is 1.88. The second-order valence-electron chi connectivity index (χ2n) is 9.79. The van der Waals surface area contributed by atoms with Crippen molar-refractivity contribution in [3.8, 4) is 5.75 Å². The zero-order valence-electron chi connectivity index (χ0n) is 20.2. The van der Waals surface area contributed by atoms with Gasteiger partial charge in [0.2, 0.25) is 17.7 Å². The Kier molecular flexibility index (Phi) is 6.55. The van der Waals surface area contributed by atoms with E-state index >= 15 is 0 Å². The summed E-state index contributed by atoms with van der Waals surface area (Å²) in [6.07, 6.45) is 8.30. The number of amides is 3. The smallest absolute Gasteiger partial charge is 0.246 e. The van der Waals surface area contributed by atoms with Gasteiger partial charge in [-0.15, -0.1) is 0 Å². The summed E-state index contributed by atoms with van der Waals surface area (Å²) in [5.41, 5.74) is -0.589. The van der Waals surface area contributed by atoms with Crippen LogP contribution in [0.5, 0.6) is 5.75 Å². The van der Waals surface area contributed by atoms with Crippen molar-refractivity contribution in [3.63, 3.8) is 0 Å². The van der Waals surface area contributed by atoms with Gasteiger partial charge in [-0.3, -0.25) is 14.4 Å². The van der Waals surface area contributed by atoms with Gasteiger partial charge >= 0.3 is 0 Å². The molecule has 3 amide bonds. The summed E-state index contributed by atoms with van der Waals surface area (Å²) in [6.45, 7) is 0.540. The van der Waals surface area contributed by atoms with Crippen molar-refractivity contribution < 1.29 is 28.6 Å². The molecular weight excluding hydrogens is 450 g/mol. The van der Waals surface area contributed by atoms with Crippen LogP contribution in [0.15, 0.2) is 36.4 Å². The molecule has 0 unspecified atom stereocenters. The molecule has 1 aromatic rings. The highest BCUT2D eigenvalue weighted by atomic mass is 16.5. The highest BCUT2D eigenvalue weighted by Crippen LogP contribution is 2.55. The number of carbonyl (C=O) groups excluding carboxylic acids is 3. The fourth-order valence-corrected chi connectivity index (χ4v) is 6.15. The zero-order chi connectivity index (χ0) is 24.6. The average Bonchev–Trinajstić information content (AvgIpc) is 3.50. The van der Waals surface area contributed by atoms with Crippen LogP contribution in [0.2, 0.25) is 0 Å². The van der Waals surface area contributed by atoms with Crippen LogP contribution < -0.4 is 15.4 Å². The molecule has 9 heteroatoms. The van der Waals surface area contributed by atoms with Crippen molar-refractivity contribution in [1.82, 2.24) is 10.2 Å². The number of hydrogen-bond donors (Lipinski definition) is 2. The van der Waals surface area contributed by atoms with Gasteiger partial charge in [0.1, 0.15) is 17.4 Å². The van der Waals surface area contributed by atoms with E-state index in [1.54, 1.807) is 43.4 Å². The summed E-state index contributed by atoms with van der Waals surface area (Å²) in [7, 11) is 3.12. The molecule has 35 heavy (non-hydrogen) atoms. The van der Waals surface area contributed by atoms with Gasteiger partial charge in [-0.05, 0) is 25.0 Å². The number of anilines is 1. The molecule has 1 aliphatic carbocycles. The molecule has 2 bridgehead atoms. The number of nitrogens with one attached hydrogen (secondary N) is 2. The monoisotopic (exact) mass is 483 g/mol. The van der Waals surface area contributed by atoms with E-state index in [2.05, 4.69) is 10.6 Å². The van der Waals surface area contributed by atoms with Gasteiger partial charge in [0.15, 0.2) is 0 Å². The lowest BCUT2D eigenvalue weighted by Gasteiger charge is -2.34. The zero-order valence-corrected chi connectivity index (χ0v) is 20.2. The number of rotatable bonds is 8. The number of nitrogens with zero attached hydrogens (tertiary/aromatic N) is 1. The van der Waals surface area contributed by atoms with Gasteiger partial charge in [-0.25, -0.2) is 0 Å². The minimum atomic E-state index is -1.16. The lowest BCUT2D eigenvalue weighted by molar-refractivity contribution is -0.142. The maximum atomic E-state index is 13.7. The van der Waals surface area contributed by atoms with Crippen LogP contribution in [0, 0.1) is 11.8 Å². The van der Waals surface area contributed by atoms with Crippen molar-refractivity contribution >= 4 is 23.4 Å². The van der Waals surface area contributed by atoms with E-state index in [9.17, 15) is 14.4 Å². The molecule has 1 spiro atoms. The fraction of sp³-hybridized carbons (Fsp3) is 0.577. The summed E-state index contributed by atoms with van der Waals surface area (Å²) in [5, 5.41) is 6.08. The Morgan fingerprint density at radius 1 is 1.17 bits per heavy atom. The normalized spacial score (nSPS) is 31.5. The SMILES string of the molecule is COCCN1C(=O)[C@H]2[C@@H](C(=O)Nc3cccc(OC)c3)[C@H]3C=C[C@@]2(O3)[C@@H]1C(=O)NC1CCCCC1. The lowest BCUT2D eigenvalue weighted by Crippen LogP contribution is -2.57. The number of carbonyl (C=O) groups is 3. The van der Waals surface area contributed by atoms with Crippen LogP contribution in [0.1, 0.15) is 32.1 Å². The Bertz CT molecular complexity index is 1020. The third-order valence-corrected chi connectivity index (χ3v) is 7.75. The Morgan fingerprint density at radius 3 is 2.71 bits per heavy atom. The molecule has 3 heterocycles. The van der Waals surface area contributed by atoms with Gasteiger partial charge in [0, 0.05) is 31.5 Å². The standard InChI is InChI=1S/C26H33N3O6/c1-33-14-13-29-22(24(31)27-16-7-4-3-5-8-16)26-12-11-19(35-26)20(21(26)25(29)32)23(30)28-17-9-6-10-18(15-17)34-2/h6,9-12,15-16,19-22H,3-5,7-8,13-14H2,1-2H3,(H,27,31)(H,28,30)/t19-,20+,21-,22+,26+/m1/s1. The lowest BCUT2D eigenvalue weighted by atomic mass is 9.74. The topological polar surface area (TPSA) is 106 Å². The summed E-state index contributed by atoms with van der Waals surface area (Å²) < 4.78 is 16.8. The van der Waals surface area contributed by atoms with E-state index in [0.29, 0.717) is 11.4 Å². The molecule has 3 fully saturated rings. The summed E-state index contributed by atoms with van der Waals surface area (Å²) in [4.78, 5) is 42.3. The second kappa shape index (κ2) is 9.62. The summed E-state index contributed by atoms with van der Waals surface area (Å²) >= 11 is 0. The van der Waals surface area contributed by atoms with Crippen LogP contribution in [-0.2, 0) is 23.9 Å². The first-order valence-electron chi connectivity index (χ1n) is 12.4. The van der Waals surface area contributed by atoms with E-state index in [0.717, 1.165) is 25.7 Å². The fourth-order valence-electron chi connectivity index (χ4n) is 6.15. The Balaban J connectivity index is 1.41. The van der Waals surface area contributed by atoms with Gasteiger partial charge in [-0.1, -0.05) is 37.5 Å². The number of benzene rings is 1. The molecule has 3 aliphatic heterocycles. The molecule has 5 atom stereocenters. The summed E-state index contributed by atoms with van der Waals surface area (Å²) in [6, 6.07) is 6.32.